The monoisotopic (exact) mass is 287 g/mol. The topological polar surface area (TPSA) is 82.7 Å². The van der Waals surface area contributed by atoms with Crippen molar-refractivity contribution >= 4 is 39.4 Å². The van der Waals surface area contributed by atoms with Crippen molar-refractivity contribution in [2.45, 2.75) is 0 Å². The third-order valence-electron chi connectivity index (χ3n) is 1.80. The van der Waals surface area contributed by atoms with E-state index in [0.717, 1.165) is 4.47 Å². The fourth-order valence-corrected chi connectivity index (χ4v) is 1.57. The summed E-state index contributed by atoms with van der Waals surface area (Å²) >= 11 is 9.23. The van der Waals surface area contributed by atoms with Crippen molar-refractivity contribution in [3.05, 3.63) is 27.7 Å². The molecule has 0 amide bonds. The van der Waals surface area contributed by atoms with Crippen molar-refractivity contribution in [3.63, 3.8) is 0 Å². The van der Waals surface area contributed by atoms with E-state index >= 15 is 0 Å². The van der Waals surface area contributed by atoms with E-state index in [1.54, 1.807) is 18.2 Å². The second kappa shape index (κ2) is 3.71. The molecule has 1 aromatic carbocycles. The normalized spacial score (nSPS) is 10.5. The van der Waals surface area contributed by atoms with Crippen LogP contribution in [0, 0.1) is 0 Å². The van der Waals surface area contributed by atoms with E-state index in [4.69, 9.17) is 23.1 Å². The number of nitrogens with zero attached hydrogens (tertiary/aromatic N) is 3. The Morgan fingerprint density at radius 2 is 2.07 bits per heavy atom. The lowest BCUT2D eigenvalue weighted by Gasteiger charge is -2.03. The Bertz CT molecular complexity index is 510. The molecule has 2 aromatic rings. The highest BCUT2D eigenvalue weighted by molar-refractivity contribution is 9.10. The summed E-state index contributed by atoms with van der Waals surface area (Å²) in [6, 6.07) is 5.32. The average Bonchev–Trinajstić information content (AvgIpc) is 2.50. The number of benzene rings is 1. The van der Waals surface area contributed by atoms with Gasteiger partial charge in [0.25, 0.3) is 0 Å². The first-order valence-corrected chi connectivity index (χ1v) is 5.18. The molecule has 0 fully saturated rings. The smallest absolute Gasteiger partial charge is 0.241 e. The SMILES string of the molecule is Nc1nc(N)n(-c2ccc(Br)c(Cl)c2)n1. The van der Waals surface area contributed by atoms with Gasteiger partial charge >= 0.3 is 0 Å². The molecule has 5 nitrogen and oxygen atoms in total. The molecule has 0 atom stereocenters. The Morgan fingerprint density at radius 3 is 2.60 bits per heavy atom. The average molecular weight is 289 g/mol. The van der Waals surface area contributed by atoms with Gasteiger partial charge in [-0.25, -0.2) is 0 Å². The predicted molar refractivity (Wildman–Crippen MR) is 62.9 cm³/mol. The van der Waals surface area contributed by atoms with Gasteiger partial charge in [-0.05, 0) is 34.1 Å². The zero-order valence-electron chi connectivity index (χ0n) is 7.48. The lowest BCUT2D eigenvalue weighted by molar-refractivity contribution is 0.895. The van der Waals surface area contributed by atoms with Gasteiger partial charge in [0.05, 0.1) is 10.7 Å². The van der Waals surface area contributed by atoms with E-state index in [1.165, 1.54) is 4.68 Å². The number of hydrogen-bond donors (Lipinski definition) is 2. The molecule has 0 aliphatic carbocycles. The third-order valence-corrected chi connectivity index (χ3v) is 3.03. The maximum Gasteiger partial charge on any atom is 0.241 e. The van der Waals surface area contributed by atoms with Crippen LogP contribution >= 0.6 is 27.5 Å². The second-order valence-corrected chi connectivity index (χ2v) is 4.10. The Kier molecular flexibility index (Phi) is 2.54. The Labute approximate surface area is 99.2 Å². The maximum atomic E-state index is 5.94. The lowest BCUT2D eigenvalue weighted by atomic mass is 10.3. The molecular formula is C8H7BrClN5. The summed E-state index contributed by atoms with van der Waals surface area (Å²) in [4.78, 5) is 3.79. The maximum absolute atomic E-state index is 5.94. The predicted octanol–water partition coefficient (Wildman–Crippen LogP) is 1.85. The molecule has 0 spiro atoms. The molecule has 4 N–H and O–H groups in total. The fourth-order valence-electron chi connectivity index (χ4n) is 1.15. The summed E-state index contributed by atoms with van der Waals surface area (Å²) in [6.07, 6.45) is 0. The molecular weight excluding hydrogens is 281 g/mol. The highest BCUT2D eigenvalue weighted by atomic mass is 79.9. The van der Waals surface area contributed by atoms with Gasteiger partial charge < -0.3 is 11.5 Å². The van der Waals surface area contributed by atoms with Crippen LogP contribution in [0.1, 0.15) is 0 Å². The van der Waals surface area contributed by atoms with Crippen LogP contribution in [-0.4, -0.2) is 14.8 Å². The minimum Gasteiger partial charge on any atom is -0.368 e. The van der Waals surface area contributed by atoms with E-state index in [-0.39, 0.29) is 11.9 Å². The van der Waals surface area contributed by atoms with E-state index in [9.17, 15) is 0 Å². The minimum atomic E-state index is 0.131. The quantitative estimate of drug-likeness (QED) is 0.839. The van der Waals surface area contributed by atoms with Gasteiger partial charge in [-0.1, -0.05) is 11.6 Å². The number of nitrogens with two attached hydrogens (primary N) is 2. The summed E-state index contributed by atoms with van der Waals surface area (Å²) in [5.41, 5.74) is 11.7. The number of rotatable bonds is 1. The van der Waals surface area contributed by atoms with Gasteiger partial charge in [0.2, 0.25) is 11.9 Å². The zero-order valence-corrected chi connectivity index (χ0v) is 9.83. The summed E-state index contributed by atoms with van der Waals surface area (Å²) in [5.74, 6) is 0.359. The lowest BCUT2D eigenvalue weighted by Crippen LogP contribution is -2.02. The molecule has 7 heteroatoms. The van der Waals surface area contributed by atoms with Gasteiger partial charge in [0.1, 0.15) is 0 Å². The molecule has 1 heterocycles. The summed E-state index contributed by atoms with van der Waals surface area (Å²) in [7, 11) is 0. The first-order chi connectivity index (χ1) is 7.08. The number of halogens is 2. The Balaban J connectivity index is 2.54. The molecule has 78 valence electrons. The third kappa shape index (κ3) is 1.91. The van der Waals surface area contributed by atoms with Crippen LogP contribution in [0.5, 0.6) is 0 Å². The van der Waals surface area contributed by atoms with Gasteiger partial charge in [-0.15, -0.1) is 5.10 Å². The first kappa shape index (κ1) is 10.3. The molecule has 0 aliphatic rings. The molecule has 1 aromatic heterocycles. The van der Waals surface area contributed by atoms with Crippen molar-refractivity contribution in [1.82, 2.24) is 14.8 Å². The highest BCUT2D eigenvalue weighted by Crippen LogP contribution is 2.25. The highest BCUT2D eigenvalue weighted by Gasteiger charge is 2.07. The summed E-state index contributed by atoms with van der Waals surface area (Å²) in [6.45, 7) is 0. The van der Waals surface area contributed by atoms with Gasteiger partial charge in [-0.3, -0.25) is 0 Å². The number of nitrogen functional groups attached to an aromatic ring is 2. The molecule has 0 saturated carbocycles. The molecule has 0 bridgehead atoms. The van der Waals surface area contributed by atoms with Crippen LogP contribution in [0.4, 0.5) is 11.9 Å². The van der Waals surface area contributed by atoms with Crippen LogP contribution in [0.15, 0.2) is 22.7 Å². The molecule has 0 radical (unpaired) electrons. The van der Waals surface area contributed by atoms with Crippen molar-refractivity contribution in [2.75, 3.05) is 11.5 Å². The second-order valence-electron chi connectivity index (χ2n) is 2.84. The molecule has 0 aliphatic heterocycles. The Morgan fingerprint density at radius 1 is 1.33 bits per heavy atom. The van der Waals surface area contributed by atoms with Crippen LogP contribution in [-0.2, 0) is 0 Å². The van der Waals surface area contributed by atoms with Crippen molar-refractivity contribution in [3.8, 4) is 5.69 Å². The molecule has 0 saturated heterocycles. The van der Waals surface area contributed by atoms with E-state index in [0.29, 0.717) is 10.7 Å². The molecule has 0 unspecified atom stereocenters. The van der Waals surface area contributed by atoms with Crippen LogP contribution in [0.2, 0.25) is 5.02 Å². The standard InChI is InChI=1S/C8H7BrClN5/c9-5-2-1-4(3-6(5)10)15-8(12)13-7(11)14-15/h1-3H,(H4,11,12,13,14). The van der Waals surface area contributed by atoms with Crippen molar-refractivity contribution < 1.29 is 0 Å². The van der Waals surface area contributed by atoms with E-state index in [1.807, 2.05) is 0 Å². The number of anilines is 2. The largest absolute Gasteiger partial charge is 0.368 e. The van der Waals surface area contributed by atoms with Gasteiger partial charge in [0, 0.05) is 4.47 Å². The first-order valence-electron chi connectivity index (χ1n) is 4.01. The molecule has 2 rings (SSSR count). The Hall–Kier alpha value is -1.27. The molecule has 15 heavy (non-hydrogen) atoms. The summed E-state index contributed by atoms with van der Waals surface area (Å²) < 4.78 is 2.23. The fraction of sp³-hybridized carbons (Fsp3) is 0. The van der Waals surface area contributed by atoms with Gasteiger partial charge in [-0.2, -0.15) is 9.67 Å². The number of aromatic nitrogens is 3. The van der Waals surface area contributed by atoms with Crippen LogP contribution < -0.4 is 11.5 Å². The minimum absolute atomic E-state index is 0.131. The van der Waals surface area contributed by atoms with Crippen molar-refractivity contribution in [2.24, 2.45) is 0 Å². The van der Waals surface area contributed by atoms with Crippen molar-refractivity contribution in [1.29, 1.82) is 0 Å². The zero-order chi connectivity index (χ0) is 11.0. The van der Waals surface area contributed by atoms with Crippen LogP contribution in [0.25, 0.3) is 5.69 Å². The van der Waals surface area contributed by atoms with Crippen LogP contribution in [0.3, 0.4) is 0 Å². The van der Waals surface area contributed by atoms with Gasteiger partial charge in [0.15, 0.2) is 0 Å². The van der Waals surface area contributed by atoms with E-state index in [2.05, 4.69) is 26.0 Å². The van der Waals surface area contributed by atoms with E-state index < -0.39 is 0 Å². The summed E-state index contributed by atoms with van der Waals surface area (Å²) in [5, 5.41) is 4.51. The number of hydrogen-bond acceptors (Lipinski definition) is 4.